The number of hydrogen-bond acceptors (Lipinski definition) is 2. The maximum atomic E-state index is 5.63. The molecule has 2 nitrogen and oxygen atoms in total. The van der Waals surface area contributed by atoms with Gasteiger partial charge in [-0.25, -0.2) is 0 Å². The zero-order chi connectivity index (χ0) is 11.8. The van der Waals surface area contributed by atoms with Crippen LogP contribution in [0.4, 0.5) is 0 Å². The Kier molecular flexibility index (Phi) is 6.12. The highest BCUT2D eigenvalue weighted by atomic mass is 15.1. The summed E-state index contributed by atoms with van der Waals surface area (Å²) in [6.07, 6.45) is 1.12. The number of benzene rings is 1. The van der Waals surface area contributed by atoms with Crippen LogP contribution in [-0.2, 0) is 6.42 Å². The van der Waals surface area contributed by atoms with E-state index in [-0.39, 0.29) is 0 Å². The number of hydrogen-bond donors (Lipinski definition) is 1. The first-order chi connectivity index (χ1) is 7.72. The lowest BCUT2D eigenvalue weighted by Gasteiger charge is -2.23. The monoisotopic (exact) mass is 220 g/mol. The molecule has 0 unspecified atom stereocenters. The molecule has 0 aliphatic heterocycles. The van der Waals surface area contributed by atoms with Crippen LogP contribution in [0.1, 0.15) is 19.4 Å². The number of rotatable bonds is 7. The van der Waals surface area contributed by atoms with Crippen LogP contribution in [0.3, 0.4) is 0 Å². The average molecular weight is 220 g/mol. The molecule has 0 saturated heterocycles. The summed E-state index contributed by atoms with van der Waals surface area (Å²) < 4.78 is 0. The SMILES string of the molecule is CC(C)CN(CCN)CCc1ccccc1. The molecule has 2 N–H and O–H groups in total. The summed E-state index contributed by atoms with van der Waals surface area (Å²) in [6.45, 7) is 8.52. The van der Waals surface area contributed by atoms with Crippen molar-refractivity contribution >= 4 is 0 Å². The van der Waals surface area contributed by atoms with Crippen molar-refractivity contribution in [2.24, 2.45) is 11.7 Å². The van der Waals surface area contributed by atoms with Crippen LogP contribution in [0, 0.1) is 5.92 Å². The molecular formula is C14H24N2. The molecule has 0 amide bonds. The summed E-state index contributed by atoms with van der Waals surface area (Å²) in [5.74, 6) is 0.710. The lowest BCUT2D eigenvalue weighted by molar-refractivity contribution is 0.253. The fourth-order valence-corrected chi connectivity index (χ4v) is 1.93. The van der Waals surface area contributed by atoms with Crippen LogP contribution < -0.4 is 5.73 Å². The molecule has 0 radical (unpaired) electrons. The second-order valence-corrected chi connectivity index (χ2v) is 4.72. The molecule has 1 rings (SSSR count). The lowest BCUT2D eigenvalue weighted by atomic mass is 10.1. The fraction of sp³-hybridized carbons (Fsp3) is 0.571. The van der Waals surface area contributed by atoms with Crippen molar-refractivity contribution < 1.29 is 0 Å². The van der Waals surface area contributed by atoms with Crippen LogP contribution in [0.2, 0.25) is 0 Å². The fourth-order valence-electron chi connectivity index (χ4n) is 1.93. The third kappa shape index (κ3) is 5.29. The Morgan fingerprint density at radius 3 is 2.38 bits per heavy atom. The Labute approximate surface area is 99.5 Å². The Balaban J connectivity index is 2.37. The summed E-state index contributed by atoms with van der Waals surface area (Å²) in [4.78, 5) is 2.46. The van der Waals surface area contributed by atoms with Gasteiger partial charge >= 0.3 is 0 Å². The maximum absolute atomic E-state index is 5.63. The summed E-state index contributed by atoms with van der Waals surface area (Å²) in [5, 5.41) is 0. The van der Waals surface area contributed by atoms with Gasteiger partial charge in [-0.3, -0.25) is 0 Å². The maximum Gasteiger partial charge on any atom is 0.0105 e. The van der Waals surface area contributed by atoms with Gasteiger partial charge in [-0.15, -0.1) is 0 Å². The first kappa shape index (κ1) is 13.2. The molecule has 0 bridgehead atoms. The van der Waals surface area contributed by atoms with Crippen molar-refractivity contribution in [3.8, 4) is 0 Å². The van der Waals surface area contributed by atoms with Gasteiger partial charge in [0.2, 0.25) is 0 Å². The summed E-state index contributed by atoms with van der Waals surface area (Å²) in [6, 6.07) is 10.7. The topological polar surface area (TPSA) is 29.3 Å². The smallest absolute Gasteiger partial charge is 0.0105 e. The molecule has 0 spiro atoms. The van der Waals surface area contributed by atoms with Gasteiger partial charge in [0, 0.05) is 26.2 Å². The minimum absolute atomic E-state index is 0.710. The van der Waals surface area contributed by atoms with Crippen molar-refractivity contribution in [1.29, 1.82) is 0 Å². The van der Waals surface area contributed by atoms with Crippen LogP contribution in [0.5, 0.6) is 0 Å². The van der Waals surface area contributed by atoms with Crippen molar-refractivity contribution in [2.75, 3.05) is 26.2 Å². The van der Waals surface area contributed by atoms with E-state index >= 15 is 0 Å². The zero-order valence-electron chi connectivity index (χ0n) is 10.5. The van der Waals surface area contributed by atoms with E-state index < -0.39 is 0 Å². The van der Waals surface area contributed by atoms with E-state index in [1.165, 1.54) is 5.56 Å². The van der Waals surface area contributed by atoms with Gasteiger partial charge < -0.3 is 10.6 Å². The van der Waals surface area contributed by atoms with E-state index in [0.29, 0.717) is 5.92 Å². The second-order valence-electron chi connectivity index (χ2n) is 4.72. The average Bonchev–Trinajstić information content (AvgIpc) is 2.27. The lowest BCUT2D eigenvalue weighted by Crippen LogP contribution is -2.34. The largest absolute Gasteiger partial charge is 0.329 e. The predicted octanol–water partition coefficient (Wildman–Crippen LogP) is 2.15. The van der Waals surface area contributed by atoms with E-state index in [9.17, 15) is 0 Å². The van der Waals surface area contributed by atoms with Crippen LogP contribution in [0.25, 0.3) is 0 Å². The Bertz CT molecular complexity index is 269. The first-order valence-corrected chi connectivity index (χ1v) is 6.18. The van der Waals surface area contributed by atoms with Gasteiger partial charge in [-0.05, 0) is 17.9 Å². The van der Waals surface area contributed by atoms with E-state index in [1.54, 1.807) is 0 Å². The molecule has 2 heteroatoms. The predicted molar refractivity (Wildman–Crippen MR) is 70.5 cm³/mol. The highest BCUT2D eigenvalue weighted by molar-refractivity contribution is 5.14. The van der Waals surface area contributed by atoms with Gasteiger partial charge in [-0.1, -0.05) is 44.2 Å². The molecule has 0 aliphatic rings. The van der Waals surface area contributed by atoms with E-state index in [0.717, 1.165) is 32.6 Å². The Morgan fingerprint density at radius 1 is 1.12 bits per heavy atom. The second kappa shape index (κ2) is 7.42. The summed E-state index contributed by atoms with van der Waals surface area (Å²) >= 11 is 0. The quantitative estimate of drug-likeness (QED) is 0.763. The summed E-state index contributed by atoms with van der Waals surface area (Å²) in [5.41, 5.74) is 7.04. The normalized spacial score (nSPS) is 11.3. The number of nitrogens with two attached hydrogens (primary N) is 1. The highest BCUT2D eigenvalue weighted by Crippen LogP contribution is 2.03. The third-order valence-electron chi connectivity index (χ3n) is 2.63. The molecule has 0 aromatic heterocycles. The van der Waals surface area contributed by atoms with Crippen LogP contribution in [-0.4, -0.2) is 31.1 Å². The van der Waals surface area contributed by atoms with Crippen LogP contribution in [0.15, 0.2) is 30.3 Å². The first-order valence-electron chi connectivity index (χ1n) is 6.18. The Hall–Kier alpha value is -0.860. The minimum atomic E-state index is 0.710. The standard InChI is InChI=1S/C14H24N2/c1-13(2)12-16(11-9-15)10-8-14-6-4-3-5-7-14/h3-7,13H,8-12,15H2,1-2H3. The van der Waals surface area contributed by atoms with Gasteiger partial charge in [0.25, 0.3) is 0 Å². The van der Waals surface area contributed by atoms with Gasteiger partial charge in [0.05, 0.1) is 0 Å². The molecule has 0 saturated carbocycles. The van der Waals surface area contributed by atoms with Crippen LogP contribution >= 0.6 is 0 Å². The summed E-state index contributed by atoms with van der Waals surface area (Å²) in [7, 11) is 0. The molecule has 0 aliphatic carbocycles. The molecule has 1 aromatic carbocycles. The van der Waals surface area contributed by atoms with E-state index in [4.69, 9.17) is 5.73 Å². The molecule has 0 atom stereocenters. The van der Waals surface area contributed by atoms with Crippen molar-refractivity contribution in [3.05, 3.63) is 35.9 Å². The molecule has 0 fully saturated rings. The highest BCUT2D eigenvalue weighted by Gasteiger charge is 2.06. The van der Waals surface area contributed by atoms with E-state index in [2.05, 4.69) is 49.1 Å². The number of nitrogens with zero attached hydrogens (tertiary/aromatic N) is 1. The molecule has 16 heavy (non-hydrogen) atoms. The van der Waals surface area contributed by atoms with Gasteiger partial charge in [0.15, 0.2) is 0 Å². The Morgan fingerprint density at radius 2 is 1.81 bits per heavy atom. The minimum Gasteiger partial charge on any atom is -0.329 e. The molecule has 90 valence electrons. The van der Waals surface area contributed by atoms with E-state index in [1.807, 2.05) is 0 Å². The van der Waals surface area contributed by atoms with Crippen molar-refractivity contribution in [1.82, 2.24) is 4.90 Å². The molecule has 1 aromatic rings. The van der Waals surface area contributed by atoms with Crippen molar-refractivity contribution in [2.45, 2.75) is 20.3 Å². The zero-order valence-corrected chi connectivity index (χ0v) is 10.5. The van der Waals surface area contributed by atoms with Crippen molar-refractivity contribution in [3.63, 3.8) is 0 Å². The molecular weight excluding hydrogens is 196 g/mol. The van der Waals surface area contributed by atoms with Gasteiger partial charge in [0.1, 0.15) is 0 Å². The molecule has 0 heterocycles. The van der Waals surface area contributed by atoms with Gasteiger partial charge in [-0.2, -0.15) is 0 Å². The third-order valence-corrected chi connectivity index (χ3v) is 2.63.